The van der Waals surface area contributed by atoms with Gasteiger partial charge in [0.1, 0.15) is 0 Å². The minimum Gasteiger partial charge on any atom is -0.373 e. The molecule has 2 rings (SSSR count). The Morgan fingerprint density at radius 1 is 1.42 bits per heavy atom. The first-order valence-corrected chi connectivity index (χ1v) is 6.93. The number of alkyl halides is 2. The molecule has 0 aromatic heterocycles. The molecule has 0 aromatic rings. The zero-order chi connectivity index (χ0) is 14.0. The van der Waals surface area contributed by atoms with Crippen LogP contribution in [0.1, 0.15) is 32.6 Å². The van der Waals surface area contributed by atoms with E-state index in [0.717, 1.165) is 0 Å². The summed E-state index contributed by atoms with van der Waals surface area (Å²) in [6.07, 6.45) is 0.0716. The number of carbonyl (C=O) groups is 1. The highest BCUT2D eigenvalue weighted by molar-refractivity contribution is 5.79. The highest BCUT2D eigenvalue weighted by atomic mass is 19.3. The summed E-state index contributed by atoms with van der Waals surface area (Å²) in [6.45, 7) is 3.24. The Hall–Kier alpha value is -0.750. The summed E-state index contributed by atoms with van der Waals surface area (Å²) in [5.41, 5.74) is 5.56. The number of carbonyl (C=O) groups excluding carboxylic acids is 1. The van der Waals surface area contributed by atoms with E-state index in [0.29, 0.717) is 19.7 Å². The largest absolute Gasteiger partial charge is 0.373 e. The van der Waals surface area contributed by atoms with E-state index >= 15 is 0 Å². The van der Waals surface area contributed by atoms with Gasteiger partial charge in [0.15, 0.2) is 0 Å². The molecule has 19 heavy (non-hydrogen) atoms. The summed E-state index contributed by atoms with van der Waals surface area (Å²) in [5.74, 6) is -2.86. The molecular weight excluding hydrogens is 254 g/mol. The van der Waals surface area contributed by atoms with Crippen LogP contribution in [0, 0.1) is 5.92 Å². The molecule has 0 radical (unpaired) electrons. The molecule has 1 amide bonds. The van der Waals surface area contributed by atoms with E-state index in [9.17, 15) is 13.6 Å². The second-order valence-electron chi connectivity index (χ2n) is 5.66. The van der Waals surface area contributed by atoms with Gasteiger partial charge in [0, 0.05) is 31.8 Å². The Labute approximate surface area is 112 Å². The smallest absolute Gasteiger partial charge is 0.248 e. The number of rotatable bonds is 2. The molecule has 2 fully saturated rings. The lowest BCUT2D eigenvalue weighted by Crippen LogP contribution is -2.54. The average molecular weight is 276 g/mol. The summed E-state index contributed by atoms with van der Waals surface area (Å²) < 4.78 is 31.7. The molecular formula is C13H22F2N2O2. The van der Waals surface area contributed by atoms with Crippen LogP contribution < -0.4 is 5.73 Å². The van der Waals surface area contributed by atoms with Crippen LogP contribution in [0.4, 0.5) is 8.78 Å². The zero-order valence-electron chi connectivity index (χ0n) is 11.3. The van der Waals surface area contributed by atoms with Crippen molar-refractivity contribution in [3.8, 4) is 0 Å². The maximum Gasteiger partial charge on any atom is 0.248 e. The average Bonchev–Trinajstić information content (AvgIpc) is 2.38. The van der Waals surface area contributed by atoms with Crippen molar-refractivity contribution in [2.24, 2.45) is 11.7 Å². The lowest BCUT2D eigenvalue weighted by molar-refractivity contribution is -0.151. The van der Waals surface area contributed by atoms with Gasteiger partial charge in [-0.3, -0.25) is 4.79 Å². The highest BCUT2D eigenvalue weighted by Crippen LogP contribution is 2.37. The first kappa shape index (κ1) is 14.7. The van der Waals surface area contributed by atoms with Gasteiger partial charge < -0.3 is 15.4 Å². The van der Waals surface area contributed by atoms with Crippen molar-refractivity contribution in [3.63, 3.8) is 0 Å². The molecule has 2 atom stereocenters. The maximum atomic E-state index is 13.1. The van der Waals surface area contributed by atoms with E-state index in [4.69, 9.17) is 10.5 Å². The van der Waals surface area contributed by atoms with E-state index in [1.54, 1.807) is 4.90 Å². The Kier molecular flexibility index (Phi) is 4.40. The molecule has 0 aromatic carbocycles. The van der Waals surface area contributed by atoms with Gasteiger partial charge in [-0.2, -0.15) is 0 Å². The summed E-state index contributed by atoms with van der Waals surface area (Å²) >= 11 is 0. The molecule has 1 saturated carbocycles. The molecule has 2 aliphatic rings. The summed E-state index contributed by atoms with van der Waals surface area (Å²) in [7, 11) is 0. The lowest BCUT2D eigenvalue weighted by atomic mass is 9.85. The molecule has 4 nitrogen and oxygen atoms in total. The number of hydrogen-bond acceptors (Lipinski definition) is 3. The van der Waals surface area contributed by atoms with Gasteiger partial charge >= 0.3 is 0 Å². The van der Waals surface area contributed by atoms with Crippen molar-refractivity contribution in [1.82, 2.24) is 4.90 Å². The Balaban J connectivity index is 1.95. The fourth-order valence-corrected chi connectivity index (χ4v) is 2.79. The summed E-state index contributed by atoms with van der Waals surface area (Å²) in [4.78, 5) is 14.2. The number of amides is 1. The monoisotopic (exact) mass is 276 g/mol. The van der Waals surface area contributed by atoms with Crippen LogP contribution >= 0.6 is 0 Å². The molecule has 1 aliphatic heterocycles. The predicted molar refractivity (Wildman–Crippen MR) is 66.9 cm³/mol. The third-order valence-electron chi connectivity index (χ3n) is 4.12. The molecule has 1 heterocycles. The Bertz CT molecular complexity index is 329. The minimum atomic E-state index is -2.59. The van der Waals surface area contributed by atoms with Gasteiger partial charge in [0.25, 0.3) is 0 Å². The number of hydrogen-bond donors (Lipinski definition) is 1. The van der Waals surface area contributed by atoms with Crippen LogP contribution in [-0.4, -0.2) is 48.6 Å². The summed E-state index contributed by atoms with van der Waals surface area (Å²) in [6, 6.07) is -0.00210. The van der Waals surface area contributed by atoms with Crippen molar-refractivity contribution in [3.05, 3.63) is 0 Å². The Morgan fingerprint density at radius 3 is 2.63 bits per heavy atom. The van der Waals surface area contributed by atoms with Gasteiger partial charge in [-0.25, -0.2) is 8.78 Å². The fraction of sp³-hybridized carbons (Fsp3) is 0.923. The fourth-order valence-electron chi connectivity index (χ4n) is 2.79. The van der Waals surface area contributed by atoms with E-state index in [2.05, 4.69) is 0 Å². The standard InChI is InChI=1S/C13H22F2N2O2/c1-9-8-19-11(6-16)7-17(9)12(18)10-2-4-13(14,15)5-3-10/h9-11H,2-8,16H2,1H3. The number of nitrogens with two attached hydrogens (primary N) is 1. The SMILES string of the molecule is CC1COC(CN)CN1C(=O)C1CCC(F)(F)CC1. The zero-order valence-corrected chi connectivity index (χ0v) is 11.3. The minimum absolute atomic E-state index is 0.00210. The van der Waals surface area contributed by atoms with Crippen molar-refractivity contribution in [2.75, 3.05) is 19.7 Å². The first-order valence-electron chi connectivity index (χ1n) is 6.93. The van der Waals surface area contributed by atoms with Gasteiger partial charge in [-0.15, -0.1) is 0 Å². The molecule has 0 spiro atoms. The van der Waals surface area contributed by atoms with E-state index < -0.39 is 5.92 Å². The molecule has 110 valence electrons. The van der Waals surface area contributed by atoms with E-state index in [1.165, 1.54) is 0 Å². The van der Waals surface area contributed by atoms with Crippen LogP contribution in [0.2, 0.25) is 0 Å². The lowest BCUT2D eigenvalue weighted by Gasteiger charge is -2.40. The van der Waals surface area contributed by atoms with Gasteiger partial charge in [0.05, 0.1) is 18.8 Å². The van der Waals surface area contributed by atoms with Crippen molar-refractivity contribution in [1.29, 1.82) is 0 Å². The third-order valence-corrected chi connectivity index (χ3v) is 4.12. The van der Waals surface area contributed by atoms with Crippen molar-refractivity contribution in [2.45, 2.75) is 50.7 Å². The van der Waals surface area contributed by atoms with Crippen LogP contribution in [0.15, 0.2) is 0 Å². The normalized spacial score (nSPS) is 32.3. The summed E-state index contributed by atoms with van der Waals surface area (Å²) in [5, 5.41) is 0. The van der Waals surface area contributed by atoms with Gasteiger partial charge in [-0.05, 0) is 19.8 Å². The second kappa shape index (κ2) is 5.71. The van der Waals surface area contributed by atoms with Crippen LogP contribution in [0.25, 0.3) is 0 Å². The van der Waals surface area contributed by atoms with E-state index in [-0.39, 0.29) is 49.7 Å². The number of morpholine rings is 1. The first-order chi connectivity index (χ1) is 8.93. The molecule has 1 saturated heterocycles. The highest BCUT2D eigenvalue weighted by Gasteiger charge is 2.40. The van der Waals surface area contributed by atoms with Crippen LogP contribution in [-0.2, 0) is 9.53 Å². The topological polar surface area (TPSA) is 55.6 Å². The number of nitrogens with zero attached hydrogens (tertiary/aromatic N) is 1. The maximum absolute atomic E-state index is 13.1. The van der Waals surface area contributed by atoms with E-state index in [1.807, 2.05) is 6.92 Å². The molecule has 1 aliphatic carbocycles. The van der Waals surface area contributed by atoms with Gasteiger partial charge in [-0.1, -0.05) is 0 Å². The van der Waals surface area contributed by atoms with Crippen molar-refractivity contribution < 1.29 is 18.3 Å². The second-order valence-corrected chi connectivity index (χ2v) is 5.66. The predicted octanol–water partition coefficient (Wildman–Crippen LogP) is 1.39. The molecule has 2 unspecified atom stereocenters. The van der Waals surface area contributed by atoms with Gasteiger partial charge in [0.2, 0.25) is 11.8 Å². The van der Waals surface area contributed by atoms with Crippen LogP contribution in [0.3, 0.4) is 0 Å². The Morgan fingerprint density at radius 2 is 2.05 bits per heavy atom. The third kappa shape index (κ3) is 3.42. The number of halogens is 2. The quantitative estimate of drug-likeness (QED) is 0.829. The van der Waals surface area contributed by atoms with Crippen molar-refractivity contribution >= 4 is 5.91 Å². The number of ether oxygens (including phenoxy) is 1. The molecule has 2 N–H and O–H groups in total. The van der Waals surface area contributed by atoms with Crippen LogP contribution in [0.5, 0.6) is 0 Å². The molecule has 0 bridgehead atoms. The molecule has 6 heteroatoms.